The van der Waals surface area contributed by atoms with Gasteiger partial charge in [-0.05, 0) is 18.1 Å². The molecule has 1 rings (SSSR count). The summed E-state index contributed by atoms with van der Waals surface area (Å²) in [5.41, 5.74) is 6.49. The van der Waals surface area contributed by atoms with Crippen LogP contribution in [0.25, 0.3) is 0 Å². The third-order valence-corrected chi connectivity index (χ3v) is 2.45. The molecule has 0 aliphatic rings. The fourth-order valence-electron chi connectivity index (χ4n) is 1.53. The summed E-state index contributed by atoms with van der Waals surface area (Å²) in [4.78, 5) is 22.5. The molecule has 0 aromatic heterocycles. The molecule has 5 heteroatoms. The number of benzene rings is 1. The van der Waals surface area contributed by atoms with Gasteiger partial charge in [0.1, 0.15) is 0 Å². The van der Waals surface area contributed by atoms with E-state index in [1.807, 2.05) is 0 Å². The molecule has 3 amide bonds. The van der Waals surface area contributed by atoms with Crippen LogP contribution < -0.4 is 16.4 Å². The lowest BCUT2D eigenvalue weighted by Gasteiger charge is -2.10. The first-order chi connectivity index (χ1) is 8.63. The van der Waals surface area contributed by atoms with Gasteiger partial charge in [-0.3, -0.25) is 4.79 Å². The number of primary amides is 1. The third kappa shape index (κ3) is 4.86. The summed E-state index contributed by atoms with van der Waals surface area (Å²) in [6.07, 6.45) is 2.08. The number of hydrogen-bond donors (Lipinski definition) is 3. The number of para-hydroxylation sites is 1. The zero-order valence-corrected chi connectivity index (χ0v) is 10.5. The first kappa shape index (κ1) is 14.0. The van der Waals surface area contributed by atoms with Gasteiger partial charge in [0.05, 0.1) is 6.42 Å². The third-order valence-electron chi connectivity index (χ3n) is 2.45. The zero-order chi connectivity index (χ0) is 13.4. The van der Waals surface area contributed by atoms with Crippen LogP contribution in [-0.2, 0) is 11.2 Å². The van der Waals surface area contributed by atoms with Crippen LogP contribution in [0, 0.1) is 0 Å². The lowest BCUT2D eigenvalue weighted by atomic mass is 10.1. The minimum Gasteiger partial charge on any atom is -0.369 e. The van der Waals surface area contributed by atoms with Crippen molar-refractivity contribution >= 4 is 17.6 Å². The van der Waals surface area contributed by atoms with Crippen LogP contribution in [0.3, 0.4) is 0 Å². The predicted octanol–water partition coefficient (Wildman–Crippen LogP) is 1.64. The van der Waals surface area contributed by atoms with Crippen molar-refractivity contribution in [2.24, 2.45) is 5.73 Å². The van der Waals surface area contributed by atoms with Crippen LogP contribution >= 0.6 is 0 Å². The van der Waals surface area contributed by atoms with Crippen molar-refractivity contribution in [3.05, 3.63) is 29.8 Å². The Balaban J connectivity index is 2.60. The van der Waals surface area contributed by atoms with Gasteiger partial charge in [-0.1, -0.05) is 31.5 Å². The molecule has 0 unspecified atom stereocenters. The molecule has 0 aliphatic heterocycles. The summed E-state index contributed by atoms with van der Waals surface area (Å²) in [6, 6.07) is 6.86. The van der Waals surface area contributed by atoms with E-state index in [1.165, 1.54) is 0 Å². The normalized spacial score (nSPS) is 9.83. The van der Waals surface area contributed by atoms with Crippen LogP contribution in [0.4, 0.5) is 10.5 Å². The van der Waals surface area contributed by atoms with Gasteiger partial charge in [0.15, 0.2) is 0 Å². The summed E-state index contributed by atoms with van der Waals surface area (Å²) in [5.74, 6) is -0.421. The SMILES string of the molecule is CCCCNC(=O)Nc1ccccc1CC(N)=O. The van der Waals surface area contributed by atoms with E-state index in [4.69, 9.17) is 5.73 Å². The molecule has 98 valence electrons. The first-order valence-corrected chi connectivity index (χ1v) is 6.04. The molecule has 1 aromatic carbocycles. The van der Waals surface area contributed by atoms with E-state index in [2.05, 4.69) is 17.6 Å². The molecular weight excluding hydrogens is 230 g/mol. The van der Waals surface area contributed by atoms with E-state index in [-0.39, 0.29) is 12.5 Å². The first-order valence-electron chi connectivity index (χ1n) is 6.04. The zero-order valence-electron chi connectivity index (χ0n) is 10.5. The van der Waals surface area contributed by atoms with E-state index in [9.17, 15) is 9.59 Å². The largest absolute Gasteiger partial charge is 0.369 e. The van der Waals surface area contributed by atoms with E-state index in [0.717, 1.165) is 18.4 Å². The number of amides is 3. The van der Waals surface area contributed by atoms with Gasteiger partial charge in [0.25, 0.3) is 0 Å². The number of anilines is 1. The topological polar surface area (TPSA) is 84.2 Å². The maximum Gasteiger partial charge on any atom is 0.319 e. The van der Waals surface area contributed by atoms with Gasteiger partial charge >= 0.3 is 6.03 Å². The average Bonchev–Trinajstić information content (AvgIpc) is 2.31. The van der Waals surface area contributed by atoms with Gasteiger partial charge in [0.2, 0.25) is 5.91 Å². The van der Waals surface area contributed by atoms with E-state index in [0.29, 0.717) is 12.2 Å². The second-order valence-electron chi connectivity index (χ2n) is 4.03. The molecular formula is C13H19N3O2. The lowest BCUT2D eigenvalue weighted by molar-refractivity contribution is -0.117. The molecule has 0 atom stereocenters. The molecule has 0 radical (unpaired) electrons. The Bertz CT molecular complexity index is 418. The van der Waals surface area contributed by atoms with E-state index >= 15 is 0 Å². The standard InChI is InChI=1S/C13H19N3O2/c1-2-3-8-15-13(18)16-11-7-5-4-6-10(11)9-12(14)17/h4-7H,2-3,8-9H2,1H3,(H2,14,17)(H2,15,16,18). The molecule has 4 N–H and O–H groups in total. The number of unbranched alkanes of at least 4 members (excludes halogenated alkanes) is 1. The number of carbonyl (C=O) groups excluding carboxylic acids is 2. The number of rotatable bonds is 6. The van der Waals surface area contributed by atoms with Crippen molar-refractivity contribution in [1.82, 2.24) is 5.32 Å². The Morgan fingerprint density at radius 3 is 2.67 bits per heavy atom. The van der Waals surface area contributed by atoms with Gasteiger partial charge in [-0.15, -0.1) is 0 Å². The Morgan fingerprint density at radius 2 is 2.00 bits per heavy atom. The maximum atomic E-state index is 11.6. The molecule has 0 saturated heterocycles. The van der Waals surface area contributed by atoms with Crippen molar-refractivity contribution in [3.8, 4) is 0 Å². The molecule has 0 spiro atoms. The molecule has 0 heterocycles. The second-order valence-corrected chi connectivity index (χ2v) is 4.03. The van der Waals surface area contributed by atoms with Gasteiger partial charge in [0, 0.05) is 12.2 Å². The highest BCUT2D eigenvalue weighted by molar-refractivity contribution is 5.91. The number of carbonyl (C=O) groups is 2. The van der Waals surface area contributed by atoms with Crippen LogP contribution in [-0.4, -0.2) is 18.5 Å². The van der Waals surface area contributed by atoms with Crippen molar-refractivity contribution in [3.63, 3.8) is 0 Å². The monoisotopic (exact) mass is 249 g/mol. The number of nitrogens with one attached hydrogen (secondary N) is 2. The molecule has 1 aromatic rings. The summed E-state index contributed by atoms with van der Waals surface area (Å²) in [6.45, 7) is 2.70. The number of urea groups is 1. The summed E-state index contributed by atoms with van der Waals surface area (Å²) >= 11 is 0. The van der Waals surface area contributed by atoms with Gasteiger partial charge in [-0.2, -0.15) is 0 Å². The highest BCUT2D eigenvalue weighted by Crippen LogP contribution is 2.15. The fourth-order valence-corrected chi connectivity index (χ4v) is 1.53. The number of nitrogens with two attached hydrogens (primary N) is 1. The van der Waals surface area contributed by atoms with Gasteiger partial charge in [-0.25, -0.2) is 4.79 Å². The van der Waals surface area contributed by atoms with E-state index in [1.54, 1.807) is 24.3 Å². The fraction of sp³-hybridized carbons (Fsp3) is 0.385. The average molecular weight is 249 g/mol. The van der Waals surface area contributed by atoms with Crippen molar-refractivity contribution in [2.45, 2.75) is 26.2 Å². The smallest absolute Gasteiger partial charge is 0.319 e. The molecule has 0 saturated carbocycles. The molecule has 0 bridgehead atoms. The summed E-state index contributed by atoms with van der Waals surface area (Å²) in [5, 5.41) is 5.46. The Labute approximate surface area is 107 Å². The molecule has 18 heavy (non-hydrogen) atoms. The highest BCUT2D eigenvalue weighted by Gasteiger charge is 2.07. The summed E-state index contributed by atoms with van der Waals surface area (Å²) < 4.78 is 0. The predicted molar refractivity (Wildman–Crippen MR) is 71.3 cm³/mol. The molecule has 5 nitrogen and oxygen atoms in total. The second kappa shape index (κ2) is 7.32. The number of hydrogen-bond acceptors (Lipinski definition) is 2. The van der Waals surface area contributed by atoms with Crippen LogP contribution in [0.15, 0.2) is 24.3 Å². The minimum absolute atomic E-state index is 0.116. The van der Waals surface area contributed by atoms with Gasteiger partial charge < -0.3 is 16.4 Å². The van der Waals surface area contributed by atoms with Crippen molar-refractivity contribution in [2.75, 3.05) is 11.9 Å². The lowest BCUT2D eigenvalue weighted by Crippen LogP contribution is -2.30. The van der Waals surface area contributed by atoms with Crippen molar-refractivity contribution in [1.29, 1.82) is 0 Å². The van der Waals surface area contributed by atoms with Crippen molar-refractivity contribution < 1.29 is 9.59 Å². The molecule has 0 fully saturated rings. The molecule has 0 aliphatic carbocycles. The van der Waals surface area contributed by atoms with E-state index < -0.39 is 5.91 Å². The van der Waals surface area contributed by atoms with Crippen LogP contribution in [0.5, 0.6) is 0 Å². The Morgan fingerprint density at radius 1 is 1.28 bits per heavy atom. The highest BCUT2D eigenvalue weighted by atomic mass is 16.2. The Hall–Kier alpha value is -2.04. The Kier molecular flexibility index (Phi) is 5.70. The van der Waals surface area contributed by atoms with Crippen LogP contribution in [0.1, 0.15) is 25.3 Å². The maximum absolute atomic E-state index is 11.6. The minimum atomic E-state index is -0.421. The van der Waals surface area contributed by atoms with Crippen LogP contribution in [0.2, 0.25) is 0 Å². The summed E-state index contributed by atoms with van der Waals surface area (Å²) in [7, 11) is 0. The quantitative estimate of drug-likeness (QED) is 0.669.